The van der Waals surface area contributed by atoms with E-state index in [9.17, 15) is 14.4 Å². The van der Waals surface area contributed by atoms with Crippen LogP contribution in [0.5, 0.6) is 0 Å². The molecule has 1 atom stereocenters. The molecule has 0 aromatic rings. The number of hydrogen-bond acceptors (Lipinski definition) is 6. The maximum Gasteiger partial charge on any atom is 0.306 e. The van der Waals surface area contributed by atoms with E-state index in [-0.39, 0.29) is 31.1 Å². The molecule has 0 rings (SSSR count). The van der Waals surface area contributed by atoms with Crippen LogP contribution < -0.4 is 0 Å². The van der Waals surface area contributed by atoms with Crippen molar-refractivity contribution in [2.75, 3.05) is 13.2 Å². The summed E-state index contributed by atoms with van der Waals surface area (Å²) in [4.78, 5) is 38.5. The van der Waals surface area contributed by atoms with Crippen LogP contribution in [0, 0.1) is 0 Å². The molecule has 0 aromatic carbocycles. The van der Waals surface area contributed by atoms with Gasteiger partial charge in [-0.05, 0) is 70.6 Å². The van der Waals surface area contributed by atoms with Crippen LogP contribution in [-0.2, 0) is 28.6 Å². The lowest BCUT2D eigenvalue weighted by atomic mass is 10.0. The second-order valence-corrected chi connectivity index (χ2v) is 24.5. The summed E-state index contributed by atoms with van der Waals surface area (Å²) in [6.07, 6.45) is 93.6. The molecule has 0 saturated heterocycles. The summed E-state index contributed by atoms with van der Waals surface area (Å²) < 4.78 is 17.0. The third-order valence-electron chi connectivity index (χ3n) is 16.2. The van der Waals surface area contributed by atoms with Crippen LogP contribution in [0.4, 0.5) is 0 Å². The Balaban J connectivity index is 4.38. The molecule has 0 heterocycles. The summed E-state index contributed by atoms with van der Waals surface area (Å²) in [7, 11) is 0. The lowest BCUT2D eigenvalue weighted by molar-refractivity contribution is -0.167. The van der Waals surface area contributed by atoms with Gasteiger partial charge in [0.25, 0.3) is 0 Å². The Bertz CT molecular complexity index is 1520. The van der Waals surface area contributed by atoms with Crippen molar-refractivity contribution in [3.63, 3.8) is 0 Å². The van der Waals surface area contributed by atoms with Gasteiger partial charge in [0.05, 0.1) is 0 Å². The number of unbranched alkanes of at least 4 members (excludes halogenated alkanes) is 44. The van der Waals surface area contributed by atoms with Crippen molar-refractivity contribution in [2.24, 2.45) is 0 Å². The van der Waals surface area contributed by atoms with Crippen molar-refractivity contribution in [3.05, 3.63) is 72.9 Å². The molecule has 6 nitrogen and oxygen atoms in total. The SMILES string of the molecule is CC/C=C\C/C=C\C/C=C\C/C=C\C/C=C\C/C=C\CCCCCCC(=O)OCC(COC(=O)CCCCCCCCCCCCCCCCCCCCC)OC(=O)CCCCCCCCCCCCCCCCCCCCCCCCC. The fourth-order valence-corrected chi connectivity index (χ4v) is 10.8. The molecule has 0 bridgehead atoms. The van der Waals surface area contributed by atoms with Gasteiger partial charge < -0.3 is 14.2 Å². The summed E-state index contributed by atoms with van der Waals surface area (Å²) in [5.74, 6) is -0.877. The summed E-state index contributed by atoms with van der Waals surface area (Å²) in [5.41, 5.74) is 0. The van der Waals surface area contributed by atoms with Crippen LogP contribution in [0.3, 0.4) is 0 Å². The Labute approximate surface area is 516 Å². The molecular weight excluding hydrogens is 1020 g/mol. The third-order valence-corrected chi connectivity index (χ3v) is 16.2. The van der Waals surface area contributed by atoms with Crippen LogP contribution in [-0.4, -0.2) is 37.2 Å². The smallest absolute Gasteiger partial charge is 0.306 e. The van der Waals surface area contributed by atoms with Crippen LogP contribution in [0.25, 0.3) is 0 Å². The molecule has 482 valence electrons. The summed E-state index contributed by atoms with van der Waals surface area (Å²) in [6.45, 7) is 6.58. The number of allylic oxidation sites excluding steroid dienone is 12. The highest BCUT2D eigenvalue weighted by Gasteiger charge is 2.19. The molecule has 0 aromatic heterocycles. The largest absolute Gasteiger partial charge is 0.462 e. The van der Waals surface area contributed by atoms with Gasteiger partial charge in [-0.25, -0.2) is 0 Å². The minimum Gasteiger partial charge on any atom is -0.462 e. The zero-order valence-electron chi connectivity index (χ0n) is 55.5. The van der Waals surface area contributed by atoms with Gasteiger partial charge in [0.15, 0.2) is 6.10 Å². The van der Waals surface area contributed by atoms with E-state index in [1.165, 1.54) is 231 Å². The molecule has 0 saturated carbocycles. The molecule has 0 fully saturated rings. The molecule has 1 unspecified atom stereocenters. The zero-order chi connectivity index (χ0) is 59.9. The van der Waals surface area contributed by atoms with Gasteiger partial charge in [-0.2, -0.15) is 0 Å². The van der Waals surface area contributed by atoms with E-state index in [2.05, 4.69) is 93.7 Å². The highest BCUT2D eigenvalue weighted by molar-refractivity contribution is 5.71. The number of esters is 3. The van der Waals surface area contributed by atoms with E-state index >= 15 is 0 Å². The fraction of sp³-hybridized carbons (Fsp3) is 0.805. The van der Waals surface area contributed by atoms with Crippen molar-refractivity contribution < 1.29 is 28.6 Å². The van der Waals surface area contributed by atoms with Crippen LogP contribution in [0.15, 0.2) is 72.9 Å². The molecule has 0 amide bonds. The highest BCUT2D eigenvalue weighted by atomic mass is 16.6. The van der Waals surface area contributed by atoms with Crippen molar-refractivity contribution in [3.8, 4) is 0 Å². The molecule has 0 spiro atoms. The van der Waals surface area contributed by atoms with Crippen LogP contribution >= 0.6 is 0 Å². The Morgan fingerprint density at radius 3 is 0.735 bits per heavy atom. The first kappa shape index (κ1) is 79.8. The van der Waals surface area contributed by atoms with E-state index < -0.39 is 6.10 Å². The predicted molar refractivity (Wildman–Crippen MR) is 362 cm³/mol. The first-order valence-electron chi connectivity index (χ1n) is 36.4. The highest BCUT2D eigenvalue weighted by Crippen LogP contribution is 2.19. The number of ether oxygens (including phenoxy) is 3. The van der Waals surface area contributed by atoms with Crippen molar-refractivity contribution in [2.45, 2.75) is 386 Å². The average molecular weight is 1160 g/mol. The summed E-state index contributed by atoms with van der Waals surface area (Å²) >= 11 is 0. The van der Waals surface area contributed by atoms with Gasteiger partial charge in [-0.15, -0.1) is 0 Å². The van der Waals surface area contributed by atoms with Crippen molar-refractivity contribution >= 4 is 17.9 Å². The van der Waals surface area contributed by atoms with Gasteiger partial charge in [-0.3, -0.25) is 14.4 Å². The number of rotatable bonds is 67. The lowest BCUT2D eigenvalue weighted by Crippen LogP contribution is -2.30. The third kappa shape index (κ3) is 69.5. The van der Waals surface area contributed by atoms with Gasteiger partial charge in [0.2, 0.25) is 0 Å². The maximum absolute atomic E-state index is 13.0. The predicted octanol–water partition coefficient (Wildman–Crippen LogP) is 25.2. The maximum atomic E-state index is 13.0. The van der Waals surface area contributed by atoms with Gasteiger partial charge in [0, 0.05) is 19.3 Å². The molecule has 0 aliphatic heterocycles. The van der Waals surface area contributed by atoms with Crippen molar-refractivity contribution in [1.29, 1.82) is 0 Å². The van der Waals surface area contributed by atoms with E-state index in [0.29, 0.717) is 19.3 Å². The molecule has 0 aliphatic rings. The second kappa shape index (κ2) is 71.3. The molecule has 83 heavy (non-hydrogen) atoms. The minimum absolute atomic E-state index is 0.0784. The van der Waals surface area contributed by atoms with Gasteiger partial charge in [0.1, 0.15) is 13.2 Å². The molecule has 0 radical (unpaired) electrons. The van der Waals surface area contributed by atoms with Crippen LogP contribution in [0.2, 0.25) is 0 Å². The Morgan fingerprint density at radius 2 is 0.470 bits per heavy atom. The average Bonchev–Trinajstić information content (AvgIpc) is 3.49. The number of hydrogen-bond donors (Lipinski definition) is 0. The van der Waals surface area contributed by atoms with Gasteiger partial charge in [-0.1, -0.05) is 363 Å². The molecule has 6 heteroatoms. The second-order valence-electron chi connectivity index (χ2n) is 24.5. The molecule has 0 N–H and O–H groups in total. The van der Waals surface area contributed by atoms with E-state index in [4.69, 9.17) is 14.2 Å². The molecular formula is C77H138O6. The standard InChI is InChI=1S/C77H138O6/c1-4-7-10-13-16-19-22-25-28-31-34-36-38-40-43-46-49-52-55-58-61-64-67-70-76(79)82-73-74(72-81-75(78)69-66-63-60-57-54-51-48-45-42-33-30-27-24-21-18-15-12-9-6-3)83-77(80)71-68-65-62-59-56-53-50-47-44-41-39-37-35-32-29-26-23-20-17-14-11-8-5-2/h7,10,16,19,25,28,34,36,40,43,49,52,74H,4-6,8-9,11-15,17-18,20-24,26-27,29-33,35,37-39,41-42,44-48,50-51,53-73H2,1-3H3/b10-7-,19-16-,28-25-,36-34-,43-40-,52-49-. The van der Waals surface area contributed by atoms with Gasteiger partial charge >= 0.3 is 17.9 Å². The lowest BCUT2D eigenvalue weighted by Gasteiger charge is -2.18. The topological polar surface area (TPSA) is 78.9 Å². The zero-order valence-corrected chi connectivity index (χ0v) is 55.5. The summed E-state index contributed by atoms with van der Waals surface area (Å²) in [6, 6.07) is 0. The summed E-state index contributed by atoms with van der Waals surface area (Å²) in [5, 5.41) is 0. The van der Waals surface area contributed by atoms with E-state index in [1.54, 1.807) is 0 Å². The van der Waals surface area contributed by atoms with E-state index in [1.807, 2.05) is 0 Å². The Hall–Kier alpha value is -3.15. The monoisotopic (exact) mass is 1160 g/mol. The fourth-order valence-electron chi connectivity index (χ4n) is 10.8. The van der Waals surface area contributed by atoms with Crippen molar-refractivity contribution in [1.82, 2.24) is 0 Å². The first-order chi connectivity index (χ1) is 41.0. The first-order valence-corrected chi connectivity index (χ1v) is 36.4. The minimum atomic E-state index is -0.786. The Kier molecular flexibility index (Phi) is 68.6. The van der Waals surface area contributed by atoms with Crippen LogP contribution in [0.1, 0.15) is 380 Å². The molecule has 0 aliphatic carbocycles. The number of carbonyl (C=O) groups is 3. The normalized spacial score (nSPS) is 12.5. The van der Waals surface area contributed by atoms with E-state index in [0.717, 1.165) is 109 Å². The number of carbonyl (C=O) groups excluding carboxylic acids is 3. The Morgan fingerprint density at radius 1 is 0.253 bits per heavy atom. The quantitative estimate of drug-likeness (QED) is 0.0261.